The summed E-state index contributed by atoms with van der Waals surface area (Å²) in [6.07, 6.45) is -5.41. The summed E-state index contributed by atoms with van der Waals surface area (Å²) in [5, 5.41) is 0. The summed E-state index contributed by atoms with van der Waals surface area (Å²) in [7, 11) is 0. The predicted octanol–water partition coefficient (Wildman–Crippen LogP) is 2.37. The summed E-state index contributed by atoms with van der Waals surface area (Å²) in [6, 6.07) is 8.28. The van der Waals surface area contributed by atoms with Crippen LogP contribution in [0.2, 0.25) is 0 Å². The zero-order valence-electron chi connectivity index (χ0n) is 11.7. The molecule has 1 aromatic carbocycles. The monoisotopic (exact) mass is 305 g/mol. The number of nitrogens with two attached hydrogens (primary N) is 1. The van der Waals surface area contributed by atoms with Gasteiger partial charge >= 0.3 is 12.1 Å². The van der Waals surface area contributed by atoms with Gasteiger partial charge in [0.1, 0.15) is 0 Å². The number of carbonyl (C=O) groups excluding carboxylic acids is 1. The summed E-state index contributed by atoms with van der Waals surface area (Å²) >= 11 is 0. The van der Waals surface area contributed by atoms with E-state index >= 15 is 0 Å². The van der Waals surface area contributed by atoms with Gasteiger partial charge < -0.3 is 15.2 Å². The molecule has 0 spiro atoms. The lowest BCUT2D eigenvalue weighted by Crippen LogP contribution is -2.50. The summed E-state index contributed by atoms with van der Waals surface area (Å²) in [6.45, 7) is 0.793. The van der Waals surface area contributed by atoms with Crippen LogP contribution >= 0.6 is 0 Å². The zero-order valence-corrected chi connectivity index (χ0v) is 11.7. The number of carbonyl (C=O) groups is 1. The molecule has 0 saturated heterocycles. The van der Waals surface area contributed by atoms with E-state index in [0.717, 1.165) is 0 Å². The Balaban J connectivity index is 2.76. The Labute approximate surface area is 121 Å². The SMILES string of the molecule is CCOC(=O)C(N)(COCCC(F)(F)F)c1ccccc1. The first-order chi connectivity index (χ1) is 9.79. The molecule has 0 radical (unpaired) electrons. The van der Waals surface area contributed by atoms with Gasteiger partial charge in [-0.2, -0.15) is 13.2 Å². The Bertz CT molecular complexity index is 451. The molecular weight excluding hydrogens is 287 g/mol. The highest BCUT2D eigenvalue weighted by molar-refractivity contribution is 5.82. The molecule has 21 heavy (non-hydrogen) atoms. The predicted molar refractivity (Wildman–Crippen MR) is 70.4 cm³/mol. The molecule has 2 N–H and O–H groups in total. The number of esters is 1. The first-order valence-electron chi connectivity index (χ1n) is 6.45. The van der Waals surface area contributed by atoms with Gasteiger partial charge in [-0.25, -0.2) is 4.79 Å². The second kappa shape index (κ2) is 7.42. The van der Waals surface area contributed by atoms with Crippen LogP contribution in [0.5, 0.6) is 0 Å². The van der Waals surface area contributed by atoms with Crippen LogP contribution in [0.25, 0.3) is 0 Å². The Kier molecular flexibility index (Phi) is 6.17. The Hall–Kier alpha value is -1.60. The normalized spacial score (nSPS) is 14.5. The lowest BCUT2D eigenvalue weighted by atomic mass is 9.92. The number of halogens is 3. The van der Waals surface area contributed by atoms with Crippen LogP contribution in [0.3, 0.4) is 0 Å². The van der Waals surface area contributed by atoms with Crippen LogP contribution in [-0.2, 0) is 19.8 Å². The van der Waals surface area contributed by atoms with E-state index in [9.17, 15) is 18.0 Å². The van der Waals surface area contributed by atoms with E-state index in [4.69, 9.17) is 15.2 Å². The standard InChI is InChI=1S/C14H18F3NO3/c1-2-21-12(19)13(18,11-6-4-3-5-7-11)10-20-9-8-14(15,16)17/h3-7H,2,8-10,18H2,1H3. The van der Waals surface area contributed by atoms with Crippen LogP contribution < -0.4 is 5.73 Å². The van der Waals surface area contributed by atoms with E-state index in [1.807, 2.05) is 0 Å². The molecule has 0 heterocycles. The molecule has 0 fully saturated rings. The average Bonchev–Trinajstić information content (AvgIpc) is 2.43. The molecule has 7 heteroatoms. The maximum absolute atomic E-state index is 12.1. The Morgan fingerprint density at radius 2 is 1.86 bits per heavy atom. The molecule has 1 atom stereocenters. The molecule has 4 nitrogen and oxygen atoms in total. The van der Waals surface area contributed by atoms with Crippen LogP contribution in [0.1, 0.15) is 18.9 Å². The Morgan fingerprint density at radius 1 is 1.24 bits per heavy atom. The highest BCUT2D eigenvalue weighted by atomic mass is 19.4. The van der Waals surface area contributed by atoms with Crippen molar-refractivity contribution in [3.05, 3.63) is 35.9 Å². The summed E-state index contributed by atoms with van der Waals surface area (Å²) in [5.74, 6) is -0.733. The average molecular weight is 305 g/mol. The molecule has 0 aliphatic rings. The second-order valence-corrected chi connectivity index (χ2v) is 4.48. The van der Waals surface area contributed by atoms with Gasteiger partial charge in [0.05, 0.1) is 26.2 Å². The van der Waals surface area contributed by atoms with Gasteiger partial charge in [-0.05, 0) is 12.5 Å². The minimum absolute atomic E-state index is 0.118. The molecule has 1 aromatic rings. The number of alkyl halides is 3. The minimum atomic E-state index is -4.31. The van der Waals surface area contributed by atoms with Gasteiger partial charge in [-0.1, -0.05) is 30.3 Å². The molecule has 1 unspecified atom stereocenters. The first-order valence-corrected chi connectivity index (χ1v) is 6.45. The van der Waals surface area contributed by atoms with Crippen LogP contribution in [0.15, 0.2) is 30.3 Å². The molecule has 1 rings (SSSR count). The zero-order chi connectivity index (χ0) is 15.9. The van der Waals surface area contributed by atoms with Crippen molar-refractivity contribution < 1.29 is 27.4 Å². The fourth-order valence-corrected chi connectivity index (χ4v) is 1.68. The van der Waals surface area contributed by atoms with Crippen molar-refractivity contribution in [3.63, 3.8) is 0 Å². The van der Waals surface area contributed by atoms with Crippen LogP contribution in [-0.4, -0.2) is 32.0 Å². The van der Waals surface area contributed by atoms with E-state index in [-0.39, 0.29) is 13.2 Å². The molecule has 118 valence electrons. The quantitative estimate of drug-likeness (QED) is 0.620. The maximum atomic E-state index is 12.1. The third kappa shape index (κ3) is 5.35. The van der Waals surface area contributed by atoms with E-state index in [2.05, 4.69) is 0 Å². The van der Waals surface area contributed by atoms with E-state index in [1.165, 1.54) is 0 Å². The topological polar surface area (TPSA) is 61.5 Å². The van der Waals surface area contributed by atoms with Crippen molar-refractivity contribution in [2.45, 2.75) is 25.1 Å². The summed E-state index contributed by atoms with van der Waals surface area (Å²) in [4.78, 5) is 12.0. The summed E-state index contributed by atoms with van der Waals surface area (Å²) < 4.78 is 46.1. The number of benzene rings is 1. The van der Waals surface area contributed by atoms with E-state index in [1.54, 1.807) is 37.3 Å². The van der Waals surface area contributed by atoms with Crippen molar-refractivity contribution >= 4 is 5.97 Å². The maximum Gasteiger partial charge on any atom is 0.391 e. The first kappa shape index (κ1) is 17.5. The number of ether oxygens (including phenoxy) is 2. The lowest BCUT2D eigenvalue weighted by Gasteiger charge is -2.27. The lowest BCUT2D eigenvalue weighted by molar-refractivity contribution is -0.156. The third-order valence-corrected chi connectivity index (χ3v) is 2.79. The van der Waals surface area contributed by atoms with E-state index < -0.39 is 30.7 Å². The van der Waals surface area contributed by atoms with Gasteiger partial charge in [0.25, 0.3) is 0 Å². The Morgan fingerprint density at radius 3 is 2.38 bits per heavy atom. The number of rotatable bonds is 7. The minimum Gasteiger partial charge on any atom is -0.464 e. The van der Waals surface area contributed by atoms with Crippen molar-refractivity contribution in [1.82, 2.24) is 0 Å². The van der Waals surface area contributed by atoms with Gasteiger partial charge in [-0.3, -0.25) is 0 Å². The number of hydrogen-bond acceptors (Lipinski definition) is 4. The third-order valence-electron chi connectivity index (χ3n) is 2.79. The largest absolute Gasteiger partial charge is 0.464 e. The van der Waals surface area contributed by atoms with Crippen molar-refractivity contribution in [1.29, 1.82) is 0 Å². The molecular formula is C14H18F3NO3. The summed E-state index contributed by atoms with van der Waals surface area (Å²) in [5.41, 5.74) is 4.82. The molecule has 0 aromatic heterocycles. The van der Waals surface area contributed by atoms with Gasteiger partial charge in [0, 0.05) is 0 Å². The molecule has 0 amide bonds. The molecule has 0 saturated carbocycles. The second-order valence-electron chi connectivity index (χ2n) is 4.48. The smallest absolute Gasteiger partial charge is 0.391 e. The highest BCUT2D eigenvalue weighted by Crippen LogP contribution is 2.23. The number of hydrogen-bond donors (Lipinski definition) is 1. The van der Waals surface area contributed by atoms with Gasteiger partial charge in [-0.15, -0.1) is 0 Å². The highest BCUT2D eigenvalue weighted by Gasteiger charge is 2.38. The van der Waals surface area contributed by atoms with Crippen LogP contribution in [0.4, 0.5) is 13.2 Å². The van der Waals surface area contributed by atoms with Crippen molar-refractivity contribution in [3.8, 4) is 0 Å². The van der Waals surface area contributed by atoms with Crippen molar-refractivity contribution in [2.24, 2.45) is 5.73 Å². The fraction of sp³-hybridized carbons (Fsp3) is 0.500. The fourth-order valence-electron chi connectivity index (χ4n) is 1.68. The van der Waals surface area contributed by atoms with Crippen molar-refractivity contribution in [2.75, 3.05) is 19.8 Å². The van der Waals surface area contributed by atoms with E-state index in [0.29, 0.717) is 5.56 Å². The molecule has 0 aliphatic carbocycles. The van der Waals surface area contributed by atoms with Crippen LogP contribution in [0, 0.1) is 0 Å². The van der Waals surface area contributed by atoms with Gasteiger partial charge in [0.2, 0.25) is 0 Å². The van der Waals surface area contributed by atoms with Gasteiger partial charge in [0.15, 0.2) is 5.54 Å². The molecule has 0 bridgehead atoms. The molecule has 0 aliphatic heterocycles.